The van der Waals surface area contributed by atoms with Crippen LogP contribution < -0.4 is 9.80 Å². The van der Waals surface area contributed by atoms with E-state index in [0.717, 1.165) is 67.2 Å². The van der Waals surface area contributed by atoms with Crippen LogP contribution in [0.5, 0.6) is 0 Å². The third kappa shape index (κ3) is 13.2. The van der Waals surface area contributed by atoms with E-state index >= 15 is 0 Å². The number of anilines is 6. The minimum atomic E-state index is 0.920. The average Bonchev–Trinajstić information content (AvgIpc) is 1.19. The molecule has 16 aromatic rings. The summed E-state index contributed by atoms with van der Waals surface area (Å²) in [6, 6.07) is 122. The van der Waals surface area contributed by atoms with Crippen molar-refractivity contribution < 1.29 is 4.42 Å². The number of rotatable bonds is 14. The summed E-state index contributed by atoms with van der Waals surface area (Å²) in [5.74, 6) is 0. The summed E-state index contributed by atoms with van der Waals surface area (Å²) in [5.41, 5.74) is 28.1. The Balaban J connectivity index is 0.000000171. The fourth-order valence-electron chi connectivity index (χ4n) is 13.2. The largest absolute Gasteiger partial charge is 0.456 e. The lowest BCUT2D eigenvalue weighted by molar-refractivity contribution is 0.669. The number of fused-ring (bicyclic) bond motifs is 5. The second-order valence-electron chi connectivity index (χ2n) is 25.2. The Hall–Kier alpha value is -12.3. The molecule has 0 unspecified atom stereocenters. The number of para-hydroxylation sites is 1. The number of furan rings is 1. The van der Waals surface area contributed by atoms with E-state index in [1.807, 2.05) is 12.1 Å². The van der Waals surface area contributed by atoms with Crippen LogP contribution in [0.2, 0.25) is 0 Å². The van der Waals surface area contributed by atoms with Crippen LogP contribution in [0.25, 0.3) is 112 Å². The van der Waals surface area contributed by atoms with Gasteiger partial charge in [-0.2, -0.15) is 0 Å². The number of benzene rings is 15. The number of hydrogen-bond acceptors (Lipinski definition) is 3. The second-order valence-corrected chi connectivity index (χ2v) is 25.2. The standard InChI is InChI=1S/C56H48N2.C38H24O/c1-41-5-29-51(30-6-41)57(52-31-7-42(2)8-32-52)55-37-21-47(22-38-55)15-13-45-17-25-49(26-18-45)50-27-19-46(20-28-50)14-16-48-23-39-56(40-24-48)58(53-33-9-43(3)10-34-53)54-35-11-44(4)12-36-54;1-3-11-25(12-4-1)37-30-16-7-8-17-31(30)38(26-13-5-2-6-14-26)34-24-27(19-21-32(34)37)28-20-22-36-33(23-28)29-15-9-10-18-35(29)39-36/h5-40H,1-4H3;1-24H/b15-13+,16-14+;. The highest BCUT2D eigenvalue weighted by atomic mass is 16.3. The summed E-state index contributed by atoms with van der Waals surface area (Å²) in [7, 11) is 0. The monoisotopic (exact) mass is 1240 g/mol. The number of nitrogens with zero attached hydrogens (tertiary/aromatic N) is 2. The molecule has 0 fully saturated rings. The Morgan fingerprint density at radius 3 is 0.876 bits per heavy atom. The highest BCUT2D eigenvalue weighted by Crippen LogP contribution is 2.46. The van der Waals surface area contributed by atoms with E-state index in [0.29, 0.717) is 0 Å². The summed E-state index contributed by atoms with van der Waals surface area (Å²) in [6.07, 6.45) is 8.72. The lowest BCUT2D eigenvalue weighted by Gasteiger charge is -2.25. The minimum Gasteiger partial charge on any atom is -0.456 e. The van der Waals surface area contributed by atoms with Gasteiger partial charge in [-0.25, -0.2) is 0 Å². The molecule has 0 saturated heterocycles. The molecule has 3 nitrogen and oxygen atoms in total. The summed E-state index contributed by atoms with van der Waals surface area (Å²) in [5, 5.41) is 7.36. The molecular weight excluding hydrogens is 1170 g/mol. The first-order valence-corrected chi connectivity index (χ1v) is 33.3. The van der Waals surface area contributed by atoms with Crippen molar-refractivity contribution in [2.24, 2.45) is 0 Å². The smallest absolute Gasteiger partial charge is 0.135 e. The van der Waals surface area contributed by atoms with Gasteiger partial charge in [0.1, 0.15) is 11.2 Å². The molecule has 97 heavy (non-hydrogen) atoms. The first kappa shape index (κ1) is 60.9. The third-order valence-electron chi connectivity index (χ3n) is 18.4. The van der Waals surface area contributed by atoms with Crippen molar-refractivity contribution in [1.82, 2.24) is 0 Å². The van der Waals surface area contributed by atoms with Crippen LogP contribution in [-0.2, 0) is 0 Å². The van der Waals surface area contributed by atoms with Gasteiger partial charge in [-0.05, 0) is 213 Å². The van der Waals surface area contributed by atoms with Crippen LogP contribution in [0.15, 0.2) is 344 Å². The Morgan fingerprint density at radius 1 is 0.206 bits per heavy atom. The van der Waals surface area contributed by atoms with E-state index in [1.165, 1.54) is 99.4 Å². The first-order chi connectivity index (χ1) is 47.7. The Labute approximate surface area is 569 Å². The SMILES string of the molecule is Cc1ccc(N(c2ccc(C)cc2)c2ccc(/C=C/c3ccc(-c4ccc(/C=C/c5ccc(N(c6ccc(C)cc6)c6ccc(C)cc6)cc5)cc4)cc3)cc2)cc1.c1ccc(-c2c3ccccc3c(-c3ccccc3)c3cc(-c4ccc5oc6ccccc6c5c4)ccc23)cc1. The lowest BCUT2D eigenvalue weighted by Crippen LogP contribution is -2.09. The van der Waals surface area contributed by atoms with E-state index < -0.39 is 0 Å². The maximum Gasteiger partial charge on any atom is 0.135 e. The van der Waals surface area contributed by atoms with E-state index in [4.69, 9.17) is 4.42 Å². The first-order valence-electron chi connectivity index (χ1n) is 33.3. The Bertz CT molecular complexity index is 5180. The molecular formula is C94H72N2O. The molecule has 0 aliphatic heterocycles. The van der Waals surface area contributed by atoms with Crippen molar-refractivity contribution in [2.75, 3.05) is 9.80 Å². The van der Waals surface area contributed by atoms with Crippen molar-refractivity contribution in [3.63, 3.8) is 0 Å². The Morgan fingerprint density at radius 2 is 0.485 bits per heavy atom. The predicted molar refractivity (Wildman–Crippen MR) is 416 cm³/mol. The van der Waals surface area contributed by atoms with Gasteiger partial charge in [0, 0.05) is 44.9 Å². The quantitative estimate of drug-likeness (QED) is 0.0799. The molecule has 0 atom stereocenters. The van der Waals surface area contributed by atoms with Crippen LogP contribution in [0, 0.1) is 27.7 Å². The van der Waals surface area contributed by atoms with E-state index in [9.17, 15) is 0 Å². The summed E-state index contributed by atoms with van der Waals surface area (Å²) >= 11 is 0. The lowest BCUT2D eigenvalue weighted by atomic mass is 9.85. The molecule has 0 N–H and O–H groups in total. The van der Waals surface area contributed by atoms with Gasteiger partial charge < -0.3 is 14.2 Å². The van der Waals surface area contributed by atoms with Crippen LogP contribution in [0.4, 0.5) is 34.1 Å². The zero-order chi connectivity index (χ0) is 65.6. The van der Waals surface area contributed by atoms with Gasteiger partial charge in [0.2, 0.25) is 0 Å². The fourth-order valence-corrected chi connectivity index (χ4v) is 13.2. The molecule has 0 radical (unpaired) electrons. The molecule has 16 rings (SSSR count). The predicted octanol–water partition coefficient (Wildman–Crippen LogP) is 26.8. The molecule has 1 heterocycles. The molecule has 3 heteroatoms. The van der Waals surface area contributed by atoms with E-state index in [2.05, 4.69) is 389 Å². The molecule has 1 aromatic heterocycles. The van der Waals surface area contributed by atoms with Gasteiger partial charge in [-0.3, -0.25) is 0 Å². The zero-order valence-electron chi connectivity index (χ0n) is 54.9. The van der Waals surface area contributed by atoms with E-state index in [1.54, 1.807) is 0 Å². The average molecular weight is 1250 g/mol. The normalized spacial score (nSPS) is 11.4. The van der Waals surface area contributed by atoms with Gasteiger partial charge in [0.05, 0.1) is 0 Å². The molecule has 464 valence electrons. The second kappa shape index (κ2) is 27.3. The minimum absolute atomic E-state index is 0.920. The van der Waals surface area contributed by atoms with Gasteiger partial charge in [-0.1, -0.05) is 289 Å². The highest BCUT2D eigenvalue weighted by Gasteiger charge is 2.19. The van der Waals surface area contributed by atoms with Crippen LogP contribution >= 0.6 is 0 Å². The molecule has 0 amide bonds. The maximum atomic E-state index is 6.10. The van der Waals surface area contributed by atoms with E-state index in [-0.39, 0.29) is 0 Å². The van der Waals surface area contributed by atoms with Crippen molar-refractivity contribution in [3.8, 4) is 44.5 Å². The Kier molecular flexibility index (Phi) is 17.2. The summed E-state index contributed by atoms with van der Waals surface area (Å²) in [4.78, 5) is 4.61. The van der Waals surface area contributed by atoms with Gasteiger partial charge >= 0.3 is 0 Å². The van der Waals surface area contributed by atoms with Crippen LogP contribution in [-0.4, -0.2) is 0 Å². The van der Waals surface area contributed by atoms with Gasteiger partial charge in [0.25, 0.3) is 0 Å². The van der Waals surface area contributed by atoms with Crippen LogP contribution in [0.3, 0.4) is 0 Å². The van der Waals surface area contributed by atoms with Crippen molar-refractivity contribution in [2.45, 2.75) is 27.7 Å². The van der Waals surface area contributed by atoms with Crippen LogP contribution in [0.1, 0.15) is 44.5 Å². The fraction of sp³-hybridized carbons (Fsp3) is 0.0426. The van der Waals surface area contributed by atoms with Crippen molar-refractivity contribution in [1.29, 1.82) is 0 Å². The van der Waals surface area contributed by atoms with Gasteiger partial charge in [0.15, 0.2) is 0 Å². The number of aryl methyl sites for hydroxylation is 4. The van der Waals surface area contributed by atoms with Crippen molar-refractivity contribution in [3.05, 3.63) is 384 Å². The molecule has 0 aliphatic carbocycles. The maximum absolute atomic E-state index is 6.10. The topological polar surface area (TPSA) is 19.6 Å². The molecule has 0 saturated carbocycles. The van der Waals surface area contributed by atoms with Crippen molar-refractivity contribution >= 4 is 102 Å². The molecule has 0 aliphatic rings. The summed E-state index contributed by atoms with van der Waals surface area (Å²) < 4.78 is 6.10. The zero-order valence-corrected chi connectivity index (χ0v) is 54.9. The van der Waals surface area contributed by atoms with Gasteiger partial charge in [-0.15, -0.1) is 0 Å². The highest BCUT2D eigenvalue weighted by molar-refractivity contribution is 6.22. The molecule has 0 spiro atoms. The third-order valence-corrected chi connectivity index (χ3v) is 18.4. The molecule has 15 aromatic carbocycles. The molecule has 0 bridgehead atoms. The summed E-state index contributed by atoms with van der Waals surface area (Å²) in [6.45, 7) is 8.50. The number of hydrogen-bond donors (Lipinski definition) is 0.